The van der Waals surface area contributed by atoms with E-state index in [0.717, 1.165) is 25.9 Å². The first-order chi connectivity index (χ1) is 6.62. The zero-order valence-corrected chi connectivity index (χ0v) is 9.33. The molecule has 0 bridgehead atoms. The van der Waals surface area contributed by atoms with Gasteiger partial charge in [-0.15, -0.1) is 0 Å². The monoisotopic (exact) mass is 224 g/mol. The zero-order chi connectivity index (χ0) is 10.6. The molecule has 1 saturated heterocycles. The molecule has 14 heavy (non-hydrogen) atoms. The molecule has 0 spiro atoms. The van der Waals surface area contributed by atoms with Gasteiger partial charge in [-0.25, -0.2) is 8.78 Å². The first-order valence-electron chi connectivity index (χ1n) is 4.87. The maximum Gasteiger partial charge on any atom is 0.251 e. The number of alkyl halides is 2. The smallest absolute Gasteiger partial charge is 0.251 e. The maximum absolute atomic E-state index is 12.1. The van der Waals surface area contributed by atoms with Gasteiger partial charge in [0.2, 0.25) is 0 Å². The largest absolute Gasteiger partial charge is 0.329 e. The Labute approximate surface area is 88.2 Å². The SMILES string of the molecule is CSC1(CN)CCN(CC(F)F)CC1. The second-order valence-electron chi connectivity index (χ2n) is 3.78. The highest BCUT2D eigenvalue weighted by Crippen LogP contribution is 2.33. The number of nitrogens with zero attached hydrogens (tertiary/aromatic N) is 1. The van der Waals surface area contributed by atoms with Crippen LogP contribution in [-0.2, 0) is 0 Å². The summed E-state index contributed by atoms with van der Waals surface area (Å²) in [5.41, 5.74) is 5.71. The second kappa shape index (κ2) is 5.28. The number of rotatable bonds is 4. The van der Waals surface area contributed by atoms with Gasteiger partial charge in [0.1, 0.15) is 0 Å². The van der Waals surface area contributed by atoms with E-state index in [1.54, 1.807) is 11.8 Å². The van der Waals surface area contributed by atoms with Gasteiger partial charge < -0.3 is 5.73 Å². The van der Waals surface area contributed by atoms with Crippen molar-refractivity contribution in [1.29, 1.82) is 0 Å². The average molecular weight is 224 g/mol. The molecular weight excluding hydrogens is 206 g/mol. The summed E-state index contributed by atoms with van der Waals surface area (Å²) in [5, 5.41) is 0. The molecule has 0 saturated carbocycles. The maximum atomic E-state index is 12.1. The van der Waals surface area contributed by atoms with Gasteiger partial charge in [0.05, 0.1) is 6.54 Å². The molecule has 0 radical (unpaired) electrons. The Morgan fingerprint density at radius 1 is 1.43 bits per heavy atom. The van der Waals surface area contributed by atoms with E-state index in [4.69, 9.17) is 5.73 Å². The van der Waals surface area contributed by atoms with Crippen molar-refractivity contribution in [2.45, 2.75) is 24.0 Å². The molecule has 0 aliphatic carbocycles. The van der Waals surface area contributed by atoms with Crippen molar-refractivity contribution in [2.24, 2.45) is 5.73 Å². The zero-order valence-electron chi connectivity index (χ0n) is 8.51. The van der Waals surface area contributed by atoms with Gasteiger partial charge in [0.25, 0.3) is 6.43 Å². The third kappa shape index (κ3) is 3.07. The summed E-state index contributed by atoms with van der Waals surface area (Å²) < 4.78 is 24.3. The third-order valence-corrected chi connectivity index (χ3v) is 4.41. The van der Waals surface area contributed by atoms with Crippen LogP contribution in [0.15, 0.2) is 0 Å². The predicted molar refractivity (Wildman–Crippen MR) is 57.0 cm³/mol. The van der Waals surface area contributed by atoms with Crippen molar-refractivity contribution < 1.29 is 8.78 Å². The Kier molecular flexibility index (Phi) is 4.60. The minimum atomic E-state index is -2.21. The molecule has 0 atom stereocenters. The average Bonchev–Trinajstić information content (AvgIpc) is 2.19. The molecule has 0 amide bonds. The molecule has 2 nitrogen and oxygen atoms in total. The molecule has 84 valence electrons. The first-order valence-corrected chi connectivity index (χ1v) is 6.10. The van der Waals surface area contributed by atoms with Crippen molar-refractivity contribution in [3.05, 3.63) is 0 Å². The normalized spacial score (nSPS) is 22.9. The number of hydrogen-bond acceptors (Lipinski definition) is 3. The summed E-state index contributed by atoms with van der Waals surface area (Å²) in [6.45, 7) is 2.07. The van der Waals surface area contributed by atoms with Gasteiger partial charge in [-0.1, -0.05) is 0 Å². The van der Waals surface area contributed by atoms with E-state index >= 15 is 0 Å². The van der Waals surface area contributed by atoms with Crippen molar-refractivity contribution >= 4 is 11.8 Å². The minimum absolute atomic E-state index is 0.0883. The Morgan fingerprint density at radius 2 is 2.00 bits per heavy atom. The molecule has 0 aromatic rings. The predicted octanol–water partition coefficient (Wildman–Crippen LogP) is 1.41. The molecule has 1 aliphatic heterocycles. The van der Waals surface area contributed by atoms with Crippen molar-refractivity contribution in [2.75, 3.05) is 32.4 Å². The quantitative estimate of drug-likeness (QED) is 0.783. The van der Waals surface area contributed by atoms with Crippen LogP contribution in [0.2, 0.25) is 0 Å². The molecule has 2 N–H and O–H groups in total. The lowest BCUT2D eigenvalue weighted by atomic mass is 9.96. The van der Waals surface area contributed by atoms with Crippen LogP contribution >= 0.6 is 11.8 Å². The summed E-state index contributed by atoms with van der Waals surface area (Å²) in [7, 11) is 0. The van der Waals surface area contributed by atoms with Gasteiger partial charge >= 0.3 is 0 Å². The van der Waals surface area contributed by atoms with Crippen LogP contribution in [0.5, 0.6) is 0 Å². The Bertz CT molecular complexity index is 164. The van der Waals surface area contributed by atoms with E-state index in [-0.39, 0.29) is 11.3 Å². The van der Waals surface area contributed by atoms with E-state index in [9.17, 15) is 8.78 Å². The van der Waals surface area contributed by atoms with Gasteiger partial charge in [-0.3, -0.25) is 4.90 Å². The topological polar surface area (TPSA) is 29.3 Å². The number of likely N-dealkylation sites (tertiary alicyclic amines) is 1. The minimum Gasteiger partial charge on any atom is -0.329 e. The highest BCUT2D eigenvalue weighted by atomic mass is 32.2. The Morgan fingerprint density at radius 3 is 2.36 bits per heavy atom. The molecule has 0 aromatic heterocycles. The Hall–Kier alpha value is 0.130. The van der Waals surface area contributed by atoms with Gasteiger partial charge in [-0.05, 0) is 32.2 Å². The van der Waals surface area contributed by atoms with E-state index in [1.807, 2.05) is 4.90 Å². The van der Waals surface area contributed by atoms with Gasteiger partial charge in [0.15, 0.2) is 0 Å². The highest BCUT2D eigenvalue weighted by Gasteiger charge is 2.32. The molecule has 0 unspecified atom stereocenters. The molecule has 1 aliphatic rings. The fraction of sp³-hybridized carbons (Fsp3) is 1.00. The molecule has 1 heterocycles. The summed E-state index contributed by atoms with van der Waals surface area (Å²) in [4.78, 5) is 1.83. The first kappa shape index (κ1) is 12.2. The number of halogens is 2. The van der Waals surface area contributed by atoms with Crippen LogP contribution in [-0.4, -0.2) is 48.5 Å². The summed E-state index contributed by atoms with van der Waals surface area (Å²) in [6.07, 6.45) is 1.69. The van der Waals surface area contributed by atoms with Crippen molar-refractivity contribution in [3.8, 4) is 0 Å². The number of piperidine rings is 1. The summed E-state index contributed by atoms with van der Waals surface area (Å²) in [6, 6.07) is 0. The molecule has 1 rings (SSSR count). The van der Waals surface area contributed by atoms with E-state index < -0.39 is 6.43 Å². The van der Waals surface area contributed by atoms with Crippen LogP contribution in [0, 0.1) is 0 Å². The molecule has 1 fully saturated rings. The van der Waals surface area contributed by atoms with Gasteiger partial charge in [0, 0.05) is 11.3 Å². The second-order valence-corrected chi connectivity index (χ2v) is 5.06. The third-order valence-electron chi connectivity index (χ3n) is 2.97. The van der Waals surface area contributed by atoms with E-state index in [1.165, 1.54) is 0 Å². The highest BCUT2D eigenvalue weighted by molar-refractivity contribution is 8.00. The van der Waals surface area contributed by atoms with Crippen molar-refractivity contribution in [3.63, 3.8) is 0 Å². The summed E-state index contributed by atoms with van der Waals surface area (Å²) in [5.74, 6) is 0. The van der Waals surface area contributed by atoms with E-state index in [0.29, 0.717) is 6.54 Å². The standard InChI is InChI=1S/C9H18F2N2S/c1-14-9(7-12)2-4-13(5-3-9)6-8(10)11/h8H,2-7,12H2,1H3. The Balaban J connectivity index is 2.37. The lowest BCUT2D eigenvalue weighted by Crippen LogP contribution is -2.47. The number of thioether (sulfide) groups is 1. The molecule has 0 aromatic carbocycles. The van der Waals surface area contributed by atoms with Crippen LogP contribution in [0.3, 0.4) is 0 Å². The van der Waals surface area contributed by atoms with Crippen molar-refractivity contribution in [1.82, 2.24) is 4.90 Å². The fourth-order valence-corrected chi connectivity index (χ4v) is 2.59. The van der Waals surface area contributed by atoms with Crippen LogP contribution < -0.4 is 5.73 Å². The van der Waals surface area contributed by atoms with Crippen LogP contribution in [0.1, 0.15) is 12.8 Å². The van der Waals surface area contributed by atoms with E-state index in [2.05, 4.69) is 6.26 Å². The van der Waals surface area contributed by atoms with Gasteiger partial charge in [-0.2, -0.15) is 11.8 Å². The van der Waals surface area contributed by atoms with Crippen LogP contribution in [0.4, 0.5) is 8.78 Å². The summed E-state index contributed by atoms with van der Waals surface area (Å²) >= 11 is 1.77. The number of nitrogens with two attached hydrogens (primary N) is 1. The number of hydrogen-bond donors (Lipinski definition) is 1. The molecule has 5 heteroatoms. The lowest BCUT2D eigenvalue weighted by Gasteiger charge is -2.39. The lowest BCUT2D eigenvalue weighted by molar-refractivity contribution is 0.0735. The fourth-order valence-electron chi connectivity index (χ4n) is 1.83. The van der Waals surface area contributed by atoms with Crippen LogP contribution in [0.25, 0.3) is 0 Å². The molecular formula is C9H18F2N2S.